The van der Waals surface area contributed by atoms with Crippen LogP contribution in [0.3, 0.4) is 0 Å². The summed E-state index contributed by atoms with van der Waals surface area (Å²) in [4.78, 5) is 13.7. The van der Waals surface area contributed by atoms with E-state index < -0.39 is 5.25 Å². The first-order valence-electron chi connectivity index (χ1n) is 6.33. The van der Waals surface area contributed by atoms with Gasteiger partial charge in [0, 0.05) is 12.7 Å². The van der Waals surface area contributed by atoms with Crippen LogP contribution in [0.4, 0.5) is 10.1 Å². The molecule has 20 heavy (non-hydrogen) atoms. The summed E-state index contributed by atoms with van der Waals surface area (Å²) >= 11 is 4.37. The lowest BCUT2D eigenvalue weighted by atomic mass is 10.1. The van der Waals surface area contributed by atoms with Gasteiger partial charge in [0.15, 0.2) is 0 Å². The van der Waals surface area contributed by atoms with Gasteiger partial charge in [0.1, 0.15) is 5.82 Å². The highest BCUT2D eigenvalue weighted by Crippen LogP contribution is 2.17. The van der Waals surface area contributed by atoms with Crippen LogP contribution in [0.5, 0.6) is 0 Å². The largest absolute Gasteiger partial charge is 0.314 e. The number of halogens is 1. The molecule has 0 aliphatic heterocycles. The van der Waals surface area contributed by atoms with Crippen LogP contribution in [0.1, 0.15) is 5.56 Å². The van der Waals surface area contributed by atoms with E-state index in [-0.39, 0.29) is 11.7 Å². The molecule has 1 atom stereocenters. The molecule has 0 bridgehead atoms. The van der Waals surface area contributed by atoms with Crippen LogP contribution in [0.25, 0.3) is 0 Å². The van der Waals surface area contributed by atoms with Crippen molar-refractivity contribution >= 4 is 24.2 Å². The zero-order valence-corrected chi connectivity index (χ0v) is 12.1. The van der Waals surface area contributed by atoms with Crippen molar-refractivity contribution in [1.82, 2.24) is 0 Å². The zero-order valence-electron chi connectivity index (χ0n) is 11.2. The number of hydrogen-bond acceptors (Lipinski definition) is 2. The molecule has 0 saturated carbocycles. The van der Waals surface area contributed by atoms with Crippen LogP contribution in [0, 0.1) is 5.82 Å². The van der Waals surface area contributed by atoms with Crippen LogP contribution in [0.2, 0.25) is 0 Å². The first-order valence-corrected chi connectivity index (χ1v) is 6.84. The van der Waals surface area contributed by atoms with E-state index in [2.05, 4.69) is 12.6 Å². The average molecular weight is 289 g/mol. The van der Waals surface area contributed by atoms with Crippen LogP contribution < -0.4 is 4.90 Å². The normalized spacial score (nSPS) is 11.9. The number of amides is 1. The molecule has 1 unspecified atom stereocenters. The highest BCUT2D eigenvalue weighted by molar-refractivity contribution is 7.81. The number of thiol groups is 1. The van der Waals surface area contributed by atoms with E-state index in [9.17, 15) is 9.18 Å². The molecule has 1 amide bonds. The second-order valence-corrected chi connectivity index (χ2v) is 5.21. The van der Waals surface area contributed by atoms with Gasteiger partial charge in [-0.2, -0.15) is 12.6 Å². The average Bonchev–Trinajstić information content (AvgIpc) is 2.46. The van der Waals surface area contributed by atoms with Crippen LogP contribution in [-0.2, 0) is 11.2 Å². The van der Waals surface area contributed by atoms with E-state index in [1.807, 2.05) is 30.3 Å². The first kappa shape index (κ1) is 14.6. The smallest absolute Gasteiger partial charge is 0.239 e. The molecule has 2 aromatic rings. The topological polar surface area (TPSA) is 20.3 Å². The van der Waals surface area contributed by atoms with Gasteiger partial charge in [-0.05, 0) is 30.2 Å². The van der Waals surface area contributed by atoms with Crippen LogP contribution in [-0.4, -0.2) is 18.2 Å². The number of nitrogens with zero attached hydrogens (tertiary/aromatic N) is 1. The van der Waals surface area contributed by atoms with Crippen LogP contribution in [0.15, 0.2) is 54.6 Å². The summed E-state index contributed by atoms with van der Waals surface area (Å²) in [7, 11) is 1.63. The third kappa shape index (κ3) is 3.61. The summed E-state index contributed by atoms with van der Waals surface area (Å²) in [6.07, 6.45) is 0.544. The summed E-state index contributed by atoms with van der Waals surface area (Å²) in [5.41, 5.74) is 1.58. The standard InChI is InChI=1S/C16H16FNOS/c1-18(14-9-5-8-13(17)11-14)16(19)15(20)10-12-6-3-2-4-7-12/h2-9,11,15,20H,10H2,1H3. The molecule has 0 radical (unpaired) electrons. The van der Waals surface area contributed by atoms with Crippen molar-refractivity contribution in [1.29, 1.82) is 0 Å². The van der Waals surface area contributed by atoms with Gasteiger partial charge < -0.3 is 4.90 Å². The van der Waals surface area contributed by atoms with Gasteiger partial charge >= 0.3 is 0 Å². The van der Waals surface area contributed by atoms with Gasteiger partial charge in [-0.15, -0.1) is 0 Å². The second-order valence-electron chi connectivity index (χ2n) is 4.58. The van der Waals surface area contributed by atoms with Crippen LogP contribution >= 0.6 is 12.6 Å². The Morgan fingerprint density at radius 1 is 1.20 bits per heavy atom. The van der Waals surface area contributed by atoms with E-state index in [1.165, 1.54) is 17.0 Å². The number of carbonyl (C=O) groups excluding carboxylic acids is 1. The number of benzene rings is 2. The molecular weight excluding hydrogens is 273 g/mol. The Bertz CT molecular complexity index is 588. The van der Waals surface area contributed by atoms with Crippen molar-refractivity contribution in [2.75, 3.05) is 11.9 Å². The summed E-state index contributed by atoms with van der Waals surface area (Å²) in [6, 6.07) is 15.7. The molecule has 0 heterocycles. The summed E-state index contributed by atoms with van der Waals surface area (Å²) < 4.78 is 13.2. The van der Waals surface area contributed by atoms with E-state index in [1.54, 1.807) is 19.2 Å². The molecular formula is C16H16FNOS. The molecule has 104 valence electrons. The third-order valence-electron chi connectivity index (χ3n) is 3.08. The molecule has 2 rings (SSSR count). The van der Waals surface area contributed by atoms with E-state index in [0.717, 1.165) is 5.56 Å². The van der Waals surface area contributed by atoms with Crippen molar-refractivity contribution in [2.24, 2.45) is 0 Å². The minimum Gasteiger partial charge on any atom is -0.314 e. The predicted octanol–water partition coefficient (Wildman–Crippen LogP) is 3.33. The molecule has 0 N–H and O–H groups in total. The number of rotatable bonds is 4. The fraction of sp³-hybridized carbons (Fsp3) is 0.188. The van der Waals surface area contributed by atoms with Crippen molar-refractivity contribution < 1.29 is 9.18 Å². The van der Waals surface area contributed by atoms with Gasteiger partial charge in [0.05, 0.1) is 5.25 Å². The molecule has 2 aromatic carbocycles. The van der Waals surface area contributed by atoms with Gasteiger partial charge in [-0.25, -0.2) is 4.39 Å². The van der Waals surface area contributed by atoms with E-state index in [0.29, 0.717) is 12.1 Å². The Balaban J connectivity index is 2.06. The monoisotopic (exact) mass is 289 g/mol. The number of anilines is 1. The SMILES string of the molecule is CN(C(=O)C(S)Cc1ccccc1)c1cccc(F)c1. The molecule has 2 nitrogen and oxygen atoms in total. The lowest BCUT2D eigenvalue weighted by molar-refractivity contribution is -0.117. The third-order valence-corrected chi connectivity index (χ3v) is 3.49. The molecule has 0 saturated heterocycles. The van der Waals surface area contributed by atoms with Gasteiger partial charge in [-0.1, -0.05) is 36.4 Å². The maximum absolute atomic E-state index is 13.2. The summed E-state index contributed by atoms with van der Waals surface area (Å²) in [6.45, 7) is 0. The molecule has 0 aromatic heterocycles. The van der Waals surface area contributed by atoms with Crippen molar-refractivity contribution in [3.8, 4) is 0 Å². The minimum absolute atomic E-state index is 0.150. The molecule has 0 aliphatic carbocycles. The Hall–Kier alpha value is -1.81. The molecule has 4 heteroatoms. The quantitative estimate of drug-likeness (QED) is 0.856. The lowest BCUT2D eigenvalue weighted by Gasteiger charge is -2.21. The van der Waals surface area contributed by atoms with Crippen molar-refractivity contribution in [3.05, 3.63) is 66.0 Å². The first-order chi connectivity index (χ1) is 9.58. The fourth-order valence-corrected chi connectivity index (χ4v) is 2.34. The Labute approximate surface area is 123 Å². The zero-order chi connectivity index (χ0) is 14.5. The number of carbonyl (C=O) groups is 1. The van der Waals surface area contributed by atoms with Gasteiger partial charge in [-0.3, -0.25) is 4.79 Å². The van der Waals surface area contributed by atoms with E-state index in [4.69, 9.17) is 0 Å². The highest BCUT2D eigenvalue weighted by Gasteiger charge is 2.20. The maximum atomic E-state index is 13.2. The Morgan fingerprint density at radius 3 is 2.55 bits per heavy atom. The summed E-state index contributed by atoms with van der Waals surface area (Å²) in [5, 5.41) is -0.453. The highest BCUT2D eigenvalue weighted by atomic mass is 32.1. The molecule has 0 aliphatic rings. The lowest BCUT2D eigenvalue weighted by Crippen LogP contribution is -2.34. The second kappa shape index (κ2) is 6.57. The number of hydrogen-bond donors (Lipinski definition) is 1. The van der Waals surface area contributed by atoms with Gasteiger partial charge in [0.25, 0.3) is 0 Å². The van der Waals surface area contributed by atoms with Gasteiger partial charge in [0.2, 0.25) is 5.91 Å². The summed E-state index contributed by atoms with van der Waals surface area (Å²) in [5.74, 6) is -0.510. The van der Waals surface area contributed by atoms with Crippen molar-refractivity contribution in [2.45, 2.75) is 11.7 Å². The molecule has 0 fully saturated rings. The fourth-order valence-electron chi connectivity index (χ4n) is 1.96. The maximum Gasteiger partial charge on any atom is 0.239 e. The molecule has 0 spiro atoms. The Morgan fingerprint density at radius 2 is 1.90 bits per heavy atom. The Kier molecular flexibility index (Phi) is 4.79. The minimum atomic E-state index is -0.453. The van der Waals surface area contributed by atoms with Crippen molar-refractivity contribution in [3.63, 3.8) is 0 Å². The van der Waals surface area contributed by atoms with E-state index >= 15 is 0 Å². The predicted molar refractivity (Wildman–Crippen MR) is 82.7 cm³/mol.